The number of aromatic nitrogens is 4. The second-order valence-corrected chi connectivity index (χ2v) is 11.7. The topological polar surface area (TPSA) is 99.4 Å². The Balaban J connectivity index is 1.46. The van der Waals surface area contributed by atoms with Crippen molar-refractivity contribution in [1.29, 1.82) is 0 Å². The van der Waals surface area contributed by atoms with Crippen molar-refractivity contribution in [2.75, 3.05) is 6.61 Å². The van der Waals surface area contributed by atoms with Crippen molar-refractivity contribution < 1.29 is 19.4 Å². The van der Waals surface area contributed by atoms with Crippen LogP contribution in [0.15, 0.2) is 48.8 Å². The number of fused-ring (bicyclic) bond motifs is 1. The highest BCUT2D eigenvalue weighted by Crippen LogP contribution is 2.41. The summed E-state index contributed by atoms with van der Waals surface area (Å²) in [5.41, 5.74) is 1.87. The second-order valence-electron chi connectivity index (χ2n) is 10.8. The van der Waals surface area contributed by atoms with Gasteiger partial charge in [-0.15, -0.1) is 0 Å². The highest BCUT2D eigenvalue weighted by Gasteiger charge is 2.41. The Morgan fingerprint density at radius 3 is 2.64 bits per heavy atom. The normalized spacial score (nSPS) is 14.4. The number of hydrogen-bond acceptors (Lipinski definition) is 6. The fraction of sp³-hybridized carbons (Fsp3) is 0.379. The molecule has 5 rings (SSSR count). The van der Waals surface area contributed by atoms with E-state index in [9.17, 15) is 9.90 Å². The van der Waals surface area contributed by atoms with E-state index in [1.807, 2.05) is 41.0 Å². The molecule has 10 heteroatoms. The molecule has 0 atom stereocenters. The molecule has 0 unspecified atom stereocenters. The van der Waals surface area contributed by atoms with E-state index in [0.717, 1.165) is 18.4 Å². The molecule has 4 aromatic rings. The van der Waals surface area contributed by atoms with Gasteiger partial charge in [-0.1, -0.05) is 35.3 Å². The number of halogens is 2. The number of aliphatic carboxylic acids is 1. The average molecular weight is 569 g/mol. The minimum atomic E-state index is -0.819. The average Bonchev–Trinajstić information content (AvgIpc) is 3.50. The van der Waals surface area contributed by atoms with Gasteiger partial charge in [-0.3, -0.25) is 4.79 Å². The largest absolute Gasteiger partial charge is 0.494 e. The molecule has 2 aromatic carbocycles. The molecule has 204 valence electrons. The summed E-state index contributed by atoms with van der Waals surface area (Å²) in [5, 5.41) is 10.4. The molecule has 0 spiro atoms. The van der Waals surface area contributed by atoms with E-state index in [-0.39, 0.29) is 5.60 Å². The van der Waals surface area contributed by atoms with Crippen LogP contribution < -0.4 is 9.47 Å². The molecule has 1 N–H and O–H groups in total. The molecular weight excluding hydrogens is 539 g/mol. The Labute approximate surface area is 236 Å². The van der Waals surface area contributed by atoms with Gasteiger partial charge in [0.2, 0.25) is 5.88 Å². The van der Waals surface area contributed by atoms with Crippen molar-refractivity contribution in [3.8, 4) is 23.0 Å². The molecule has 0 aliphatic heterocycles. The van der Waals surface area contributed by atoms with Crippen LogP contribution in [0.25, 0.3) is 22.6 Å². The molecule has 1 aliphatic carbocycles. The molecule has 1 fully saturated rings. The summed E-state index contributed by atoms with van der Waals surface area (Å²) in [5.74, 6) is 0.849. The molecule has 0 saturated heterocycles. The third-order valence-electron chi connectivity index (χ3n) is 7.00. The van der Waals surface area contributed by atoms with Gasteiger partial charge >= 0.3 is 5.97 Å². The number of carboxylic acids is 1. The molecule has 8 nitrogen and oxygen atoms in total. The molecule has 0 radical (unpaired) electrons. The van der Waals surface area contributed by atoms with E-state index in [0.29, 0.717) is 70.2 Å². The van der Waals surface area contributed by atoms with Gasteiger partial charge in [0.05, 0.1) is 23.6 Å². The number of imidazole rings is 1. The van der Waals surface area contributed by atoms with E-state index in [1.54, 1.807) is 19.9 Å². The number of carbonyl (C=O) groups is 1. The van der Waals surface area contributed by atoms with Crippen LogP contribution in [-0.2, 0) is 11.3 Å². The second kappa shape index (κ2) is 10.7. The summed E-state index contributed by atoms with van der Waals surface area (Å²) in [7, 11) is 0. The fourth-order valence-electron chi connectivity index (χ4n) is 4.25. The molecule has 0 bridgehead atoms. The number of benzene rings is 2. The maximum absolute atomic E-state index is 11.3. The van der Waals surface area contributed by atoms with Gasteiger partial charge in [-0.25, -0.2) is 9.97 Å². The van der Waals surface area contributed by atoms with E-state index in [1.165, 1.54) is 6.33 Å². The molecule has 2 aromatic heterocycles. The van der Waals surface area contributed by atoms with Crippen LogP contribution in [0.2, 0.25) is 10.0 Å². The first-order chi connectivity index (χ1) is 18.5. The highest BCUT2D eigenvalue weighted by atomic mass is 35.5. The molecular formula is C29H30Cl2N4O4. The summed E-state index contributed by atoms with van der Waals surface area (Å²) in [6.45, 7) is 6.33. The number of carboxylic acid groups (broad SMARTS) is 1. The van der Waals surface area contributed by atoms with Crippen LogP contribution in [0.4, 0.5) is 0 Å². The number of ether oxygens (including phenoxy) is 2. The minimum absolute atomic E-state index is 0.228. The third-order valence-corrected chi connectivity index (χ3v) is 7.55. The van der Waals surface area contributed by atoms with Crippen molar-refractivity contribution in [2.45, 2.75) is 58.6 Å². The maximum atomic E-state index is 11.3. The maximum Gasteiger partial charge on any atom is 0.309 e. The molecule has 1 aliphatic rings. The van der Waals surface area contributed by atoms with Gasteiger partial charge in [0, 0.05) is 10.6 Å². The van der Waals surface area contributed by atoms with Crippen molar-refractivity contribution in [3.63, 3.8) is 0 Å². The molecule has 39 heavy (non-hydrogen) atoms. The summed E-state index contributed by atoms with van der Waals surface area (Å²) in [4.78, 5) is 25.2. The Bertz CT molecular complexity index is 1530. The van der Waals surface area contributed by atoms with Crippen molar-refractivity contribution in [3.05, 3.63) is 64.4 Å². The fourth-order valence-corrected chi connectivity index (χ4v) is 4.72. The first kappa shape index (κ1) is 27.2. The van der Waals surface area contributed by atoms with Crippen LogP contribution in [0.1, 0.15) is 52.0 Å². The summed E-state index contributed by atoms with van der Waals surface area (Å²) < 4.78 is 14.1. The van der Waals surface area contributed by atoms with E-state index in [4.69, 9.17) is 37.7 Å². The van der Waals surface area contributed by atoms with Crippen LogP contribution in [0.3, 0.4) is 0 Å². The van der Waals surface area contributed by atoms with E-state index in [2.05, 4.69) is 16.9 Å². The lowest BCUT2D eigenvalue weighted by Gasteiger charge is -2.18. The summed E-state index contributed by atoms with van der Waals surface area (Å²) in [6, 6.07) is 13.1. The Hall–Kier alpha value is -3.36. The SMILES string of the molecule is CC1(Oc2ncnc3c2nc(-c2ccc(OCCCC(C)(C)C(=O)O)cc2Cl)n3Cc2cccc(Cl)c2)CC1. The lowest BCUT2D eigenvalue weighted by atomic mass is 9.88. The van der Waals surface area contributed by atoms with Crippen LogP contribution in [0.5, 0.6) is 11.6 Å². The summed E-state index contributed by atoms with van der Waals surface area (Å²) in [6.07, 6.45) is 4.54. The number of hydrogen-bond donors (Lipinski definition) is 1. The van der Waals surface area contributed by atoms with Gasteiger partial charge in [0.15, 0.2) is 11.2 Å². The molecule has 1 saturated carbocycles. The van der Waals surface area contributed by atoms with Gasteiger partial charge in [-0.2, -0.15) is 4.98 Å². The summed E-state index contributed by atoms with van der Waals surface area (Å²) >= 11 is 13.0. The monoisotopic (exact) mass is 568 g/mol. The van der Waals surface area contributed by atoms with Crippen molar-refractivity contribution in [2.24, 2.45) is 5.41 Å². The number of nitrogens with zero attached hydrogens (tertiary/aromatic N) is 4. The zero-order valence-electron chi connectivity index (χ0n) is 22.1. The third kappa shape index (κ3) is 6.12. The van der Waals surface area contributed by atoms with Gasteiger partial charge in [0.25, 0.3) is 0 Å². The van der Waals surface area contributed by atoms with Gasteiger partial charge in [0.1, 0.15) is 23.5 Å². The molecule has 2 heterocycles. The standard InChI is InChI=1S/C29H30Cl2N4O4/c1-28(2,27(36)37)10-5-13-38-20-8-9-21(22(31)15-20)24-34-23-25(32-17-33-26(23)39-29(3)11-12-29)35(24)16-18-6-4-7-19(30)14-18/h4,6-9,14-15,17H,5,10-13,16H2,1-3H3,(H,36,37). The lowest BCUT2D eigenvalue weighted by Crippen LogP contribution is -2.24. The smallest absolute Gasteiger partial charge is 0.309 e. The first-order valence-corrected chi connectivity index (χ1v) is 13.6. The lowest BCUT2D eigenvalue weighted by molar-refractivity contribution is -0.147. The zero-order chi connectivity index (χ0) is 27.8. The predicted molar refractivity (Wildman–Crippen MR) is 151 cm³/mol. The van der Waals surface area contributed by atoms with Crippen LogP contribution in [-0.4, -0.2) is 42.8 Å². The van der Waals surface area contributed by atoms with E-state index < -0.39 is 11.4 Å². The van der Waals surface area contributed by atoms with E-state index >= 15 is 0 Å². The van der Waals surface area contributed by atoms with Crippen molar-refractivity contribution in [1.82, 2.24) is 19.5 Å². The minimum Gasteiger partial charge on any atom is -0.494 e. The van der Waals surface area contributed by atoms with Crippen LogP contribution >= 0.6 is 23.2 Å². The first-order valence-electron chi connectivity index (χ1n) is 12.9. The zero-order valence-corrected chi connectivity index (χ0v) is 23.6. The Morgan fingerprint density at radius 1 is 1.15 bits per heavy atom. The highest BCUT2D eigenvalue weighted by molar-refractivity contribution is 6.33. The van der Waals surface area contributed by atoms with Crippen LogP contribution in [0, 0.1) is 5.41 Å². The Morgan fingerprint density at radius 2 is 1.95 bits per heavy atom. The van der Waals surface area contributed by atoms with Gasteiger partial charge < -0.3 is 19.1 Å². The number of rotatable bonds is 11. The van der Waals surface area contributed by atoms with Gasteiger partial charge in [-0.05, 0) is 82.3 Å². The predicted octanol–water partition coefficient (Wildman–Crippen LogP) is 7.05. The van der Waals surface area contributed by atoms with Crippen molar-refractivity contribution >= 4 is 40.3 Å². The Kier molecular flexibility index (Phi) is 7.44. The quantitative estimate of drug-likeness (QED) is 0.193. The molecule has 0 amide bonds.